The number of hydrogen-bond donors (Lipinski definition) is 3. The number of hydrazone groups is 1. The SMILES string of the molecule is CCCOc1ccc(-c2cc(C(=O)N/N=C/c3ccc(O)cc3)[nH]n2)cc1. The molecule has 1 amide bonds. The van der Waals surface area contributed by atoms with Gasteiger partial charge in [0.2, 0.25) is 0 Å². The van der Waals surface area contributed by atoms with E-state index in [-0.39, 0.29) is 5.75 Å². The Kier molecular flexibility index (Phi) is 5.84. The van der Waals surface area contributed by atoms with Crippen molar-refractivity contribution >= 4 is 12.1 Å². The van der Waals surface area contributed by atoms with E-state index in [1.54, 1.807) is 30.3 Å². The monoisotopic (exact) mass is 364 g/mol. The number of carbonyl (C=O) groups is 1. The van der Waals surface area contributed by atoms with Crippen LogP contribution < -0.4 is 10.2 Å². The number of carbonyl (C=O) groups excluding carboxylic acids is 1. The Bertz CT molecular complexity index is 915. The lowest BCUT2D eigenvalue weighted by molar-refractivity contribution is 0.0950. The molecule has 138 valence electrons. The minimum absolute atomic E-state index is 0.172. The molecule has 0 saturated carbocycles. The van der Waals surface area contributed by atoms with Crippen LogP contribution in [-0.4, -0.2) is 34.0 Å². The Morgan fingerprint density at radius 2 is 1.96 bits per heavy atom. The molecule has 1 aromatic heterocycles. The Labute approximate surface area is 156 Å². The lowest BCUT2D eigenvalue weighted by Crippen LogP contribution is -2.17. The molecular formula is C20H20N4O3. The fourth-order valence-corrected chi connectivity index (χ4v) is 2.31. The molecular weight excluding hydrogens is 344 g/mol. The molecule has 7 heteroatoms. The third kappa shape index (κ3) is 4.94. The van der Waals surface area contributed by atoms with Crippen LogP contribution in [0.15, 0.2) is 59.7 Å². The van der Waals surface area contributed by atoms with E-state index in [9.17, 15) is 9.90 Å². The standard InChI is InChI=1S/C20H20N4O3/c1-2-11-27-17-9-5-15(6-10-17)18-12-19(23-22-18)20(26)24-21-13-14-3-7-16(25)8-4-14/h3-10,12-13,25H,2,11H2,1H3,(H,22,23)(H,24,26)/b21-13+. The fourth-order valence-electron chi connectivity index (χ4n) is 2.31. The minimum Gasteiger partial charge on any atom is -0.508 e. The van der Waals surface area contributed by atoms with Gasteiger partial charge in [0.1, 0.15) is 17.2 Å². The summed E-state index contributed by atoms with van der Waals surface area (Å²) in [7, 11) is 0. The van der Waals surface area contributed by atoms with Crippen molar-refractivity contribution in [3.63, 3.8) is 0 Å². The molecule has 0 saturated heterocycles. The first-order chi connectivity index (χ1) is 13.2. The maximum Gasteiger partial charge on any atom is 0.289 e. The summed E-state index contributed by atoms with van der Waals surface area (Å²) in [6.07, 6.45) is 2.44. The number of aromatic nitrogens is 2. The topological polar surface area (TPSA) is 99.6 Å². The van der Waals surface area contributed by atoms with Crippen molar-refractivity contribution < 1.29 is 14.6 Å². The van der Waals surface area contributed by atoms with Crippen molar-refractivity contribution in [2.45, 2.75) is 13.3 Å². The number of benzene rings is 2. The van der Waals surface area contributed by atoms with E-state index in [0.29, 0.717) is 18.0 Å². The van der Waals surface area contributed by atoms with Crippen LogP contribution in [0.1, 0.15) is 29.4 Å². The zero-order chi connectivity index (χ0) is 19.1. The number of nitrogens with zero attached hydrogens (tertiary/aromatic N) is 2. The second-order valence-electron chi connectivity index (χ2n) is 5.83. The minimum atomic E-state index is -0.397. The first-order valence-corrected chi connectivity index (χ1v) is 8.57. The highest BCUT2D eigenvalue weighted by Crippen LogP contribution is 2.21. The van der Waals surface area contributed by atoms with Crippen molar-refractivity contribution in [3.05, 3.63) is 65.9 Å². The van der Waals surface area contributed by atoms with Crippen molar-refractivity contribution in [1.82, 2.24) is 15.6 Å². The average molecular weight is 364 g/mol. The number of hydrogen-bond acceptors (Lipinski definition) is 5. The first kappa shape index (κ1) is 18.2. The van der Waals surface area contributed by atoms with Crippen molar-refractivity contribution in [1.29, 1.82) is 0 Å². The van der Waals surface area contributed by atoms with Crippen LogP contribution in [0.3, 0.4) is 0 Å². The predicted octanol–water partition coefficient (Wildman–Crippen LogP) is 3.34. The number of aromatic amines is 1. The summed E-state index contributed by atoms with van der Waals surface area (Å²) in [6.45, 7) is 2.73. The van der Waals surface area contributed by atoms with Gasteiger partial charge in [-0.1, -0.05) is 6.92 Å². The highest BCUT2D eigenvalue weighted by Gasteiger charge is 2.10. The van der Waals surface area contributed by atoms with Crippen LogP contribution >= 0.6 is 0 Å². The van der Waals surface area contributed by atoms with E-state index in [2.05, 4.69) is 27.6 Å². The Hall–Kier alpha value is -3.61. The van der Waals surface area contributed by atoms with Gasteiger partial charge < -0.3 is 9.84 Å². The van der Waals surface area contributed by atoms with Gasteiger partial charge in [0.15, 0.2) is 0 Å². The third-order valence-corrected chi connectivity index (χ3v) is 3.72. The number of amides is 1. The Balaban J connectivity index is 1.61. The molecule has 0 atom stereocenters. The number of ether oxygens (including phenoxy) is 1. The number of phenols is 1. The van der Waals surface area contributed by atoms with Crippen LogP contribution in [0.4, 0.5) is 0 Å². The summed E-state index contributed by atoms with van der Waals surface area (Å²) in [5.74, 6) is 0.579. The molecule has 2 aromatic carbocycles. The predicted molar refractivity (Wildman–Crippen MR) is 103 cm³/mol. The summed E-state index contributed by atoms with van der Waals surface area (Å²) in [5, 5.41) is 20.0. The van der Waals surface area contributed by atoms with Gasteiger partial charge in [-0.2, -0.15) is 10.2 Å². The van der Waals surface area contributed by atoms with Gasteiger partial charge in [-0.25, -0.2) is 5.43 Å². The smallest absolute Gasteiger partial charge is 0.289 e. The molecule has 1 heterocycles. The molecule has 0 fully saturated rings. The van der Waals surface area contributed by atoms with Crippen molar-refractivity contribution in [2.75, 3.05) is 6.61 Å². The van der Waals surface area contributed by atoms with Gasteiger partial charge in [0, 0.05) is 5.56 Å². The molecule has 0 spiro atoms. The molecule has 0 aliphatic rings. The Morgan fingerprint density at radius 1 is 1.22 bits per heavy atom. The van der Waals surface area contributed by atoms with E-state index in [1.807, 2.05) is 24.3 Å². The molecule has 0 bridgehead atoms. The normalized spacial score (nSPS) is 10.9. The second-order valence-corrected chi connectivity index (χ2v) is 5.83. The lowest BCUT2D eigenvalue weighted by Gasteiger charge is -2.04. The molecule has 0 aliphatic carbocycles. The summed E-state index contributed by atoms with van der Waals surface area (Å²) >= 11 is 0. The van der Waals surface area contributed by atoms with Gasteiger partial charge in [-0.05, 0) is 66.6 Å². The van der Waals surface area contributed by atoms with E-state index >= 15 is 0 Å². The highest BCUT2D eigenvalue weighted by molar-refractivity contribution is 5.94. The van der Waals surface area contributed by atoms with Crippen LogP contribution in [0.25, 0.3) is 11.3 Å². The zero-order valence-electron chi connectivity index (χ0n) is 14.8. The van der Waals surface area contributed by atoms with Gasteiger partial charge >= 0.3 is 0 Å². The maximum absolute atomic E-state index is 12.1. The second kappa shape index (κ2) is 8.66. The zero-order valence-corrected chi connectivity index (χ0v) is 14.8. The number of rotatable bonds is 7. The largest absolute Gasteiger partial charge is 0.508 e. The molecule has 7 nitrogen and oxygen atoms in total. The van der Waals surface area contributed by atoms with E-state index in [4.69, 9.17) is 4.74 Å². The molecule has 3 rings (SSSR count). The molecule has 0 unspecified atom stereocenters. The highest BCUT2D eigenvalue weighted by atomic mass is 16.5. The van der Waals surface area contributed by atoms with Crippen molar-refractivity contribution in [2.24, 2.45) is 5.10 Å². The summed E-state index contributed by atoms with van der Waals surface area (Å²) in [5.41, 5.74) is 5.03. The summed E-state index contributed by atoms with van der Waals surface area (Å²) in [4.78, 5) is 12.1. The maximum atomic E-state index is 12.1. The van der Waals surface area contributed by atoms with Crippen molar-refractivity contribution in [3.8, 4) is 22.8 Å². The van der Waals surface area contributed by atoms with Crippen LogP contribution in [0, 0.1) is 0 Å². The van der Waals surface area contributed by atoms with Crippen LogP contribution in [0.5, 0.6) is 11.5 Å². The first-order valence-electron chi connectivity index (χ1n) is 8.57. The van der Waals surface area contributed by atoms with E-state index in [1.165, 1.54) is 6.21 Å². The third-order valence-electron chi connectivity index (χ3n) is 3.72. The fraction of sp³-hybridized carbons (Fsp3) is 0.150. The van der Waals surface area contributed by atoms with Crippen LogP contribution in [-0.2, 0) is 0 Å². The van der Waals surface area contributed by atoms with Gasteiger partial charge in [-0.15, -0.1) is 0 Å². The van der Waals surface area contributed by atoms with Gasteiger partial charge in [0.05, 0.1) is 18.5 Å². The number of H-pyrrole nitrogens is 1. The van der Waals surface area contributed by atoms with Gasteiger partial charge in [0.25, 0.3) is 5.91 Å². The quantitative estimate of drug-likeness (QED) is 0.442. The van der Waals surface area contributed by atoms with Crippen LogP contribution in [0.2, 0.25) is 0 Å². The number of nitrogens with one attached hydrogen (secondary N) is 2. The average Bonchev–Trinajstić information content (AvgIpc) is 3.18. The van der Waals surface area contributed by atoms with E-state index < -0.39 is 5.91 Å². The summed E-state index contributed by atoms with van der Waals surface area (Å²) < 4.78 is 5.55. The molecule has 0 aliphatic heterocycles. The molecule has 0 radical (unpaired) electrons. The molecule has 3 aromatic rings. The molecule has 27 heavy (non-hydrogen) atoms. The summed E-state index contributed by atoms with van der Waals surface area (Å²) in [6, 6.07) is 15.7. The Morgan fingerprint density at radius 3 is 2.67 bits per heavy atom. The number of aromatic hydroxyl groups is 1. The van der Waals surface area contributed by atoms with E-state index in [0.717, 1.165) is 23.3 Å². The van der Waals surface area contributed by atoms with Gasteiger partial charge in [-0.3, -0.25) is 9.89 Å². The molecule has 3 N–H and O–H groups in total. The lowest BCUT2D eigenvalue weighted by atomic mass is 10.1. The number of phenolic OH excluding ortho intramolecular Hbond substituents is 1.